The van der Waals surface area contributed by atoms with Crippen molar-refractivity contribution in [3.63, 3.8) is 0 Å². The molecule has 2 nitrogen and oxygen atoms in total. The number of aryl methyl sites for hydroxylation is 2. The Morgan fingerprint density at radius 2 is 1.88 bits per heavy atom. The quantitative estimate of drug-likeness (QED) is 0.909. The predicted molar refractivity (Wildman–Crippen MR) is 66.4 cm³/mol. The Morgan fingerprint density at radius 1 is 1.25 bits per heavy atom. The molecule has 0 saturated carbocycles. The molecule has 0 radical (unpaired) electrons. The molecule has 2 aromatic rings. The minimum Gasteiger partial charge on any atom is -0.466 e. The third-order valence-electron chi connectivity index (χ3n) is 2.64. The SMILES string of the molecule is Cc1cc(Br)cc(C)c1C(O)c1ccco1. The number of halogens is 1. The van der Waals surface area contributed by atoms with Crippen LogP contribution in [0, 0.1) is 13.8 Å². The van der Waals surface area contributed by atoms with Crippen LogP contribution in [0.4, 0.5) is 0 Å². The highest BCUT2D eigenvalue weighted by Gasteiger charge is 2.17. The van der Waals surface area contributed by atoms with Gasteiger partial charge in [0.1, 0.15) is 11.9 Å². The van der Waals surface area contributed by atoms with E-state index in [1.54, 1.807) is 18.4 Å². The van der Waals surface area contributed by atoms with Crippen LogP contribution < -0.4 is 0 Å². The van der Waals surface area contributed by atoms with E-state index >= 15 is 0 Å². The molecule has 0 saturated heterocycles. The zero-order valence-corrected chi connectivity index (χ0v) is 10.8. The first kappa shape index (κ1) is 11.4. The Kier molecular flexibility index (Phi) is 3.17. The van der Waals surface area contributed by atoms with Gasteiger partial charge in [-0.05, 0) is 54.8 Å². The standard InChI is InChI=1S/C13H13BrO2/c1-8-6-10(14)7-9(2)12(8)13(15)11-4-3-5-16-11/h3-7,13,15H,1-2H3. The van der Waals surface area contributed by atoms with Gasteiger partial charge in [-0.15, -0.1) is 0 Å². The Labute approximate surface area is 103 Å². The summed E-state index contributed by atoms with van der Waals surface area (Å²) in [5.41, 5.74) is 3.02. The second-order valence-corrected chi connectivity index (χ2v) is 4.79. The number of rotatable bonds is 2. The van der Waals surface area contributed by atoms with Crippen molar-refractivity contribution in [3.05, 3.63) is 57.5 Å². The van der Waals surface area contributed by atoms with Gasteiger partial charge in [0.05, 0.1) is 6.26 Å². The fourth-order valence-corrected chi connectivity index (χ4v) is 2.63. The molecule has 2 rings (SSSR count). The van der Waals surface area contributed by atoms with Gasteiger partial charge in [0, 0.05) is 4.47 Å². The van der Waals surface area contributed by atoms with Crippen molar-refractivity contribution in [2.24, 2.45) is 0 Å². The average Bonchev–Trinajstić information content (AvgIpc) is 2.67. The van der Waals surface area contributed by atoms with Gasteiger partial charge < -0.3 is 9.52 Å². The monoisotopic (exact) mass is 280 g/mol. The lowest BCUT2D eigenvalue weighted by Crippen LogP contribution is -2.03. The minimum absolute atomic E-state index is 0.577. The number of aliphatic hydroxyl groups excluding tert-OH is 1. The highest BCUT2D eigenvalue weighted by molar-refractivity contribution is 9.10. The van der Waals surface area contributed by atoms with E-state index in [1.807, 2.05) is 26.0 Å². The van der Waals surface area contributed by atoms with Crippen molar-refractivity contribution < 1.29 is 9.52 Å². The van der Waals surface area contributed by atoms with Crippen LogP contribution in [-0.2, 0) is 0 Å². The third-order valence-corrected chi connectivity index (χ3v) is 3.10. The zero-order valence-electron chi connectivity index (χ0n) is 9.20. The van der Waals surface area contributed by atoms with Crippen LogP contribution in [0.3, 0.4) is 0 Å². The molecule has 1 aromatic heterocycles. The molecule has 0 amide bonds. The normalized spacial score (nSPS) is 12.8. The van der Waals surface area contributed by atoms with E-state index < -0.39 is 6.10 Å². The molecule has 84 valence electrons. The Morgan fingerprint density at radius 3 is 2.38 bits per heavy atom. The van der Waals surface area contributed by atoms with Crippen molar-refractivity contribution in [2.75, 3.05) is 0 Å². The summed E-state index contributed by atoms with van der Waals surface area (Å²) in [5.74, 6) is 0.577. The molecule has 0 aliphatic rings. The second kappa shape index (κ2) is 4.44. The molecular weight excluding hydrogens is 268 g/mol. The molecule has 1 N–H and O–H groups in total. The topological polar surface area (TPSA) is 33.4 Å². The van der Waals surface area contributed by atoms with E-state index in [1.165, 1.54) is 0 Å². The van der Waals surface area contributed by atoms with Gasteiger partial charge in [0.25, 0.3) is 0 Å². The number of hydrogen-bond acceptors (Lipinski definition) is 2. The van der Waals surface area contributed by atoms with Crippen LogP contribution in [0.15, 0.2) is 39.4 Å². The molecule has 1 aromatic carbocycles. The first-order valence-corrected chi connectivity index (χ1v) is 5.87. The molecule has 0 aliphatic heterocycles. The fraction of sp³-hybridized carbons (Fsp3) is 0.231. The van der Waals surface area contributed by atoms with Crippen molar-refractivity contribution in [1.29, 1.82) is 0 Å². The summed E-state index contributed by atoms with van der Waals surface area (Å²) >= 11 is 3.44. The second-order valence-electron chi connectivity index (χ2n) is 3.87. The maximum atomic E-state index is 10.2. The van der Waals surface area contributed by atoms with Gasteiger partial charge in [-0.2, -0.15) is 0 Å². The maximum Gasteiger partial charge on any atom is 0.137 e. The van der Waals surface area contributed by atoms with Gasteiger partial charge >= 0.3 is 0 Å². The molecule has 3 heteroatoms. The summed E-state index contributed by atoms with van der Waals surface area (Å²) in [7, 11) is 0. The van der Waals surface area contributed by atoms with Crippen LogP contribution in [0.5, 0.6) is 0 Å². The summed E-state index contributed by atoms with van der Waals surface area (Å²) in [6.45, 7) is 3.97. The van der Waals surface area contributed by atoms with E-state index in [2.05, 4.69) is 15.9 Å². The Bertz CT molecular complexity index is 466. The number of benzene rings is 1. The van der Waals surface area contributed by atoms with Gasteiger partial charge in [0.15, 0.2) is 0 Å². The Balaban J connectivity index is 2.48. The van der Waals surface area contributed by atoms with Crippen molar-refractivity contribution in [3.8, 4) is 0 Å². The van der Waals surface area contributed by atoms with Crippen molar-refractivity contribution in [1.82, 2.24) is 0 Å². The lowest BCUT2D eigenvalue weighted by molar-refractivity contribution is 0.188. The van der Waals surface area contributed by atoms with Gasteiger partial charge in [0.2, 0.25) is 0 Å². The molecule has 1 atom stereocenters. The summed E-state index contributed by atoms with van der Waals surface area (Å²) in [4.78, 5) is 0. The van der Waals surface area contributed by atoms with E-state index in [0.717, 1.165) is 21.2 Å². The first-order valence-electron chi connectivity index (χ1n) is 5.07. The molecule has 16 heavy (non-hydrogen) atoms. The predicted octanol–water partition coefficient (Wildman–Crippen LogP) is 3.74. The molecule has 0 spiro atoms. The molecule has 0 bridgehead atoms. The lowest BCUT2D eigenvalue weighted by atomic mass is 9.97. The van der Waals surface area contributed by atoms with Crippen LogP contribution in [0.1, 0.15) is 28.6 Å². The average molecular weight is 281 g/mol. The third kappa shape index (κ3) is 2.06. The highest BCUT2D eigenvalue weighted by Crippen LogP contribution is 2.30. The van der Waals surface area contributed by atoms with Gasteiger partial charge in [-0.3, -0.25) is 0 Å². The molecule has 0 fully saturated rings. The van der Waals surface area contributed by atoms with E-state index in [0.29, 0.717) is 5.76 Å². The first-order chi connectivity index (χ1) is 7.59. The molecular formula is C13H13BrO2. The molecule has 1 heterocycles. The summed E-state index contributed by atoms with van der Waals surface area (Å²) in [5, 5.41) is 10.2. The van der Waals surface area contributed by atoms with E-state index in [-0.39, 0.29) is 0 Å². The Hall–Kier alpha value is -1.06. The van der Waals surface area contributed by atoms with E-state index in [4.69, 9.17) is 4.42 Å². The number of hydrogen-bond donors (Lipinski definition) is 1. The highest BCUT2D eigenvalue weighted by atomic mass is 79.9. The summed E-state index contributed by atoms with van der Waals surface area (Å²) in [6, 6.07) is 7.55. The van der Waals surface area contributed by atoms with Crippen LogP contribution in [-0.4, -0.2) is 5.11 Å². The van der Waals surface area contributed by atoms with Crippen LogP contribution >= 0.6 is 15.9 Å². The maximum absolute atomic E-state index is 10.2. The number of aliphatic hydroxyl groups is 1. The zero-order chi connectivity index (χ0) is 11.7. The summed E-state index contributed by atoms with van der Waals surface area (Å²) in [6.07, 6.45) is 0.880. The molecule has 1 unspecified atom stereocenters. The molecule has 0 aliphatic carbocycles. The van der Waals surface area contributed by atoms with E-state index in [9.17, 15) is 5.11 Å². The summed E-state index contributed by atoms with van der Waals surface area (Å²) < 4.78 is 6.25. The van der Waals surface area contributed by atoms with Gasteiger partial charge in [-0.25, -0.2) is 0 Å². The minimum atomic E-state index is -0.692. The number of furan rings is 1. The largest absolute Gasteiger partial charge is 0.466 e. The van der Waals surface area contributed by atoms with Crippen molar-refractivity contribution >= 4 is 15.9 Å². The van der Waals surface area contributed by atoms with Crippen LogP contribution in [0.2, 0.25) is 0 Å². The van der Waals surface area contributed by atoms with Crippen molar-refractivity contribution in [2.45, 2.75) is 20.0 Å². The van der Waals surface area contributed by atoms with Gasteiger partial charge in [-0.1, -0.05) is 15.9 Å². The van der Waals surface area contributed by atoms with Crippen LogP contribution in [0.25, 0.3) is 0 Å². The fourth-order valence-electron chi connectivity index (χ4n) is 1.94. The smallest absolute Gasteiger partial charge is 0.137 e. The lowest BCUT2D eigenvalue weighted by Gasteiger charge is -2.15.